The van der Waals surface area contributed by atoms with Gasteiger partial charge < -0.3 is 5.32 Å². The summed E-state index contributed by atoms with van der Waals surface area (Å²) in [6, 6.07) is 8.92. The smallest absolute Gasteiger partial charge is 0.271 e. The SMILES string of the molecule is CCN(CCNC(=O)c1cnc2cc([125I])ccc2n1)Cc1ccnc(F)c1. The highest BCUT2D eigenvalue weighted by Crippen LogP contribution is 2.13. The second-order valence-electron chi connectivity index (χ2n) is 6.00. The van der Waals surface area contributed by atoms with Crippen LogP contribution in [-0.2, 0) is 6.54 Å². The van der Waals surface area contributed by atoms with Crippen molar-refractivity contribution in [3.05, 3.63) is 63.5 Å². The maximum absolute atomic E-state index is 13.2. The molecule has 1 amide bonds. The van der Waals surface area contributed by atoms with Gasteiger partial charge in [0.05, 0.1) is 17.2 Å². The molecule has 0 aliphatic carbocycles. The molecule has 2 aromatic heterocycles. The minimum Gasteiger partial charge on any atom is -0.349 e. The van der Waals surface area contributed by atoms with E-state index in [0.717, 1.165) is 21.2 Å². The van der Waals surface area contributed by atoms with Gasteiger partial charge in [-0.05, 0) is 65.0 Å². The minimum absolute atomic E-state index is 0.256. The normalized spacial score (nSPS) is 11.1. The standard InChI is InChI=1S/C19H19FIN5O/c1-2-26(12-13-5-6-22-18(20)9-13)8-7-23-19(27)17-11-24-16-10-14(21)3-4-15(16)25-17/h3-6,9-11H,2,7-8,12H2,1H3,(H,23,27)/i21-2. The number of likely N-dealkylation sites (N-methyl/N-ethyl adjacent to an activating group) is 1. The number of benzene rings is 1. The third-order valence-electron chi connectivity index (χ3n) is 4.09. The van der Waals surface area contributed by atoms with Crippen LogP contribution in [0.1, 0.15) is 23.0 Å². The van der Waals surface area contributed by atoms with E-state index in [9.17, 15) is 9.18 Å². The molecule has 0 unspecified atom stereocenters. The lowest BCUT2D eigenvalue weighted by Gasteiger charge is -2.20. The van der Waals surface area contributed by atoms with Gasteiger partial charge in [-0.25, -0.2) is 9.97 Å². The second-order valence-corrected chi connectivity index (χ2v) is 7.25. The molecule has 2 heterocycles. The molecule has 1 N–H and O–H groups in total. The number of amides is 1. The Morgan fingerprint density at radius 3 is 2.85 bits per heavy atom. The summed E-state index contributed by atoms with van der Waals surface area (Å²) in [5, 5.41) is 2.87. The van der Waals surface area contributed by atoms with Gasteiger partial charge in [-0.1, -0.05) is 6.92 Å². The van der Waals surface area contributed by atoms with E-state index in [-0.39, 0.29) is 5.91 Å². The summed E-state index contributed by atoms with van der Waals surface area (Å²) in [5.41, 5.74) is 2.60. The van der Waals surface area contributed by atoms with E-state index < -0.39 is 5.95 Å². The maximum Gasteiger partial charge on any atom is 0.271 e. The van der Waals surface area contributed by atoms with E-state index in [1.807, 2.05) is 25.1 Å². The van der Waals surface area contributed by atoms with Gasteiger partial charge in [0.2, 0.25) is 5.95 Å². The van der Waals surface area contributed by atoms with Crippen molar-refractivity contribution >= 4 is 39.5 Å². The summed E-state index contributed by atoms with van der Waals surface area (Å²) in [6.07, 6.45) is 2.95. The third kappa shape index (κ3) is 5.39. The Balaban J connectivity index is 1.55. The van der Waals surface area contributed by atoms with Crippen molar-refractivity contribution in [2.75, 3.05) is 19.6 Å². The first kappa shape index (κ1) is 19.6. The molecule has 0 aliphatic rings. The highest BCUT2D eigenvalue weighted by Gasteiger charge is 2.10. The van der Waals surface area contributed by atoms with Crippen molar-refractivity contribution in [3.63, 3.8) is 0 Å². The molecule has 0 atom stereocenters. The fraction of sp³-hybridized carbons (Fsp3) is 0.263. The van der Waals surface area contributed by atoms with Crippen molar-refractivity contribution in [1.29, 1.82) is 0 Å². The predicted octanol–water partition coefficient (Wildman–Crippen LogP) is 3.02. The summed E-state index contributed by atoms with van der Waals surface area (Å²) in [5.74, 6) is -0.740. The van der Waals surface area contributed by atoms with E-state index in [1.165, 1.54) is 18.5 Å². The van der Waals surface area contributed by atoms with Gasteiger partial charge in [0.15, 0.2) is 0 Å². The van der Waals surface area contributed by atoms with Gasteiger partial charge >= 0.3 is 0 Å². The van der Waals surface area contributed by atoms with Crippen LogP contribution in [0.15, 0.2) is 42.7 Å². The second kappa shape index (κ2) is 9.14. The molecule has 0 saturated heterocycles. The van der Waals surface area contributed by atoms with Crippen molar-refractivity contribution in [2.24, 2.45) is 0 Å². The lowest BCUT2D eigenvalue weighted by molar-refractivity contribution is 0.0943. The Kier molecular flexibility index (Phi) is 6.62. The van der Waals surface area contributed by atoms with Gasteiger partial charge in [0.25, 0.3) is 5.91 Å². The number of carbonyl (C=O) groups excluding carboxylic acids is 1. The number of fused-ring (bicyclic) bond motifs is 1. The van der Waals surface area contributed by atoms with Crippen LogP contribution < -0.4 is 5.32 Å². The largest absolute Gasteiger partial charge is 0.349 e. The van der Waals surface area contributed by atoms with Gasteiger partial charge in [-0.2, -0.15) is 4.39 Å². The van der Waals surface area contributed by atoms with Crippen LogP contribution in [0.2, 0.25) is 0 Å². The molecule has 3 rings (SSSR count). The third-order valence-corrected chi connectivity index (χ3v) is 4.77. The zero-order valence-electron chi connectivity index (χ0n) is 14.8. The molecule has 1 aromatic carbocycles. The van der Waals surface area contributed by atoms with Crippen LogP contribution in [0.4, 0.5) is 4.39 Å². The molecule has 0 saturated carbocycles. The van der Waals surface area contributed by atoms with E-state index in [4.69, 9.17) is 0 Å². The Morgan fingerprint density at radius 1 is 1.22 bits per heavy atom. The number of nitrogens with one attached hydrogen (secondary N) is 1. The molecule has 140 valence electrons. The molecular formula is C19H19FIN5O. The maximum atomic E-state index is 13.2. The highest BCUT2D eigenvalue weighted by molar-refractivity contribution is 14.1. The van der Waals surface area contributed by atoms with Gasteiger partial charge in [-0.3, -0.25) is 14.7 Å². The summed E-state index contributed by atoms with van der Waals surface area (Å²) < 4.78 is 14.3. The molecule has 0 bridgehead atoms. The first-order valence-electron chi connectivity index (χ1n) is 8.58. The van der Waals surface area contributed by atoms with Crippen LogP contribution in [-0.4, -0.2) is 45.4 Å². The van der Waals surface area contributed by atoms with Crippen LogP contribution in [0.5, 0.6) is 0 Å². The lowest BCUT2D eigenvalue weighted by atomic mass is 10.2. The van der Waals surface area contributed by atoms with Crippen molar-refractivity contribution in [2.45, 2.75) is 13.5 Å². The number of rotatable bonds is 7. The van der Waals surface area contributed by atoms with Crippen LogP contribution in [0.3, 0.4) is 0 Å². The quantitative estimate of drug-likeness (QED) is 0.419. The fourth-order valence-electron chi connectivity index (χ4n) is 2.66. The molecule has 8 heteroatoms. The van der Waals surface area contributed by atoms with Crippen molar-refractivity contribution in [3.8, 4) is 0 Å². The molecule has 0 fully saturated rings. The monoisotopic (exact) mass is 477 g/mol. The average Bonchev–Trinajstić information content (AvgIpc) is 2.66. The Labute approximate surface area is 170 Å². The van der Waals surface area contributed by atoms with Crippen LogP contribution in [0.25, 0.3) is 11.0 Å². The minimum atomic E-state index is -0.485. The zero-order valence-corrected chi connectivity index (χ0v) is 17.0. The number of pyridine rings is 1. The van der Waals surface area contributed by atoms with E-state index >= 15 is 0 Å². The average molecular weight is 477 g/mol. The zero-order chi connectivity index (χ0) is 19.2. The highest BCUT2D eigenvalue weighted by atomic mass is 125. The predicted molar refractivity (Wildman–Crippen MR) is 110 cm³/mol. The molecule has 0 radical (unpaired) electrons. The van der Waals surface area contributed by atoms with Gasteiger partial charge in [-0.15, -0.1) is 0 Å². The van der Waals surface area contributed by atoms with E-state index in [0.29, 0.717) is 30.8 Å². The molecule has 3 aromatic rings. The first-order valence-corrected chi connectivity index (χ1v) is 9.66. The number of hydrogen-bond donors (Lipinski definition) is 1. The molecule has 27 heavy (non-hydrogen) atoms. The summed E-state index contributed by atoms with van der Waals surface area (Å²) in [4.78, 5) is 26.7. The number of nitrogens with zero attached hydrogens (tertiary/aromatic N) is 4. The number of halogens is 2. The molecule has 0 aliphatic heterocycles. The molecule has 6 nitrogen and oxygen atoms in total. The van der Waals surface area contributed by atoms with E-state index in [1.54, 1.807) is 6.07 Å². The Bertz CT molecular complexity index is 952. The summed E-state index contributed by atoms with van der Waals surface area (Å²) in [6.45, 7) is 4.52. The molecule has 0 spiro atoms. The number of hydrogen-bond acceptors (Lipinski definition) is 5. The number of carbonyl (C=O) groups is 1. The summed E-state index contributed by atoms with van der Waals surface area (Å²) in [7, 11) is 0. The summed E-state index contributed by atoms with van der Waals surface area (Å²) >= 11 is 2.21. The Morgan fingerprint density at radius 2 is 2.07 bits per heavy atom. The van der Waals surface area contributed by atoms with Crippen LogP contribution >= 0.6 is 22.6 Å². The fourth-order valence-corrected chi connectivity index (χ4v) is 3.13. The molecular weight excluding hydrogens is 458 g/mol. The topological polar surface area (TPSA) is 71.0 Å². The number of aromatic nitrogens is 3. The van der Waals surface area contributed by atoms with Crippen molar-refractivity contribution in [1.82, 2.24) is 25.2 Å². The van der Waals surface area contributed by atoms with Crippen LogP contribution in [0, 0.1) is 9.52 Å². The Hall–Kier alpha value is -2.20. The lowest BCUT2D eigenvalue weighted by Crippen LogP contribution is -2.35. The van der Waals surface area contributed by atoms with E-state index in [2.05, 4.69) is 47.8 Å². The first-order chi connectivity index (χ1) is 13.0. The van der Waals surface area contributed by atoms with Gasteiger partial charge in [0.1, 0.15) is 5.69 Å². The van der Waals surface area contributed by atoms with Gasteiger partial charge in [0, 0.05) is 29.4 Å². The van der Waals surface area contributed by atoms with Crippen molar-refractivity contribution < 1.29 is 9.18 Å².